The molecule has 1 amide bonds. The summed E-state index contributed by atoms with van der Waals surface area (Å²) in [4.78, 5) is 15.5. The molecule has 1 aromatic carbocycles. The van der Waals surface area contributed by atoms with Gasteiger partial charge in [-0.3, -0.25) is 9.78 Å². The Morgan fingerprint density at radius 3 is 2.75 bits per heavy atom. The lowest BCUT2D eigenvalue weighted by molar-refractivity contribution is -0.119. The number of hydrogen-bond donors (Lipinski definition) is 2. The van der Waals surface area contributed by atoms with Crippen molar-refractivity contribution in [3.8, 4) is 0 Å². The van der Waals surface area contributed by atoms with Crippen molar-refractivity contribution in [2.75, 3.05) is 11.9 Å². The number of aromatic nitrogens is 1. The number of halogens is 1. The van der Waals surface area contributed by atoms with Crippen LogP contribution in [0.1, 0.15) is 5.69 Å². The first-order chi connectivity index (χ1) is 9.74. The highest BCUT2D eigenvalue weighted by Gasteiger charge is 1.99. The standard InChI is InChI=1S/C14H13FN4O/c15-11-4-6-12(7-5-11)17-10-14(20)19-18-9-13-3-1-2-8-16-13/h1-9,17H,10H2,(H,19,20)/b18-9+. The minimum Gasteiger partial charge on any atom is -0.376 e. The number of benzene rings is 1. The van der Waals surface area contributed by atoms with E-state index in [4.69, 9.17) is 0 Å². The van der Waals surface area contributed by atoms with Crippen molar-refractivity contribution in [2.45, 2.75) is 0 Å². The van der Waals surface area contributed by atoms with E-state index in [-0.39, 0.29) is 18.3 Å². The van der Waals surface area contributed by atoms with Gasteiger partial charge in [0, 0.05) is 11.9 Å². The maximum absolute atomic E-state index is 12.7. The second kappa shape index (κ2) is 6.98. The van der Waals surface area contributed by atoms with Gasteiger partial charge in [0.25, 0.3) is 5.91 Å². The van der Waals surface area contributed by atoms with Gasteiger partial charge < -0.3 is 5.32 Å². The molecule has 0 aliphatic heterocycles. The van der Waals surface area contributed by atoms with Crippen molar-refractivity contribution in [2.24, 2.45) is 5.10 Å². The van der Waals surface area contributed by atoms with E-state index in [1.54, 1.807) is 30.5 Å². The highest BCUT2D eigenvalue weighted by atomic mass is 19.1. The van der Waals surface area contributed by atoms with E-state index in [0.29, 0.717) is 11.4 Å². The molecule has 0 unspecified atom stereocenters. The van der Waals surface area contributed by atoms with Crippen molar-refractivity contribution < 1.29 is 9.18 Å². The third-order valence-corrected chi connectivity index (χ3v) is 2.37. The SMILES string of the molecule is O=C(CNc1ccc(F)cc1)N/N=C/c1ccccn1. The minimum atomic E-state index is -0.319. The Bertz CT molecular complexity index is 584. The molecule has 1 heterocycles. The zero-order valence-electron chi connectivity index (χ0n) is 10.6. The predicted octanol–water partition coefficient (Wildman–Crippen LogP) is 1.78. The average Bonchev–Trinajstić information content (AvgIpc) is 2.48. The Morgan fingerprint density at radius 1 is 1.25 bits per heavy atom. The fourth-order valence-electron chi connectivity index (χ4n) is 1.41. The van der Waals surface area contributed by atoms with Gasteiger partial charge in [0.15, 0.2) is 0 Å². The third kappa shape index (κ3) is 4.49. The average molecular weight is 272 g/mol. The molecule has 0 aliphatic carbocycles. The van der Waals surface area contributed by atoms with E-state index < -0.39 is 0 Å². The molecule has 0 aliphatic rings. The topological polar surface area (TPSA) is 66.4 Å². The lowest BCUT2D eigenvalue weighted by Gasteiger charge is -2.04. The molecule has 0 bridgehead atoms. The van der Waals surface area contributed by atoms with Crippen LogP contribution in [0.4, 0.5) is 10.1 Å². The molecule has 102 valence electrons. The number of rotatable bonds is 5. The fraction of sp³-hybridized carbons (Fsp3) is 0.0714. The molecular weight excluding hydrogens is 259 g/mol. The number of pyridine rings is 1. The summed E-state index contributed by atoms with van der Waals surface area (Å²) in [6, 6.07) is 11.1. The smallest absolute Gasteiger partial charge is 0.259 e. The molecule has 1 aromatic heterocycles. The van der Waals surface area contributed by atoms with Gasteiger partial charge in [-0.1, -0.05) is 6.07 Å². The van der Waals surface area contributed by atoms with Crippen LogP contribution < -0.4 is 10.7 Å². The maximum Gasteiger partial charge on any atom is 0.259 e. The Labute approximate surface area is 115 Å². The van der Waals surface area contributed by atoms with Crippen LogP contribution in [0, 0.1) is 5.82 Å². The normalized spacial score (nSPS) is 10.4. The number of carbonyl (C=O) groups is 1. The van der Waals surface area contributed by atoms with Gasteiger partial charge in [0.1, 0.15) is 5.82 Å². The van der Waals surface area contributed by atoms with Crippen molar-refractivity contribution in [3.05, 3.63) is 60.2 Å². The van der Waals surface area contributed by atoms with Crippen molar-refractivity contribution >= 4 is 17.8 Å². The molecule has 2 rings (SSSR count). The summed E-state index contributed by atoms with van der Waals surface area (Å²) < 4.78 is 12.7. The first kappa shape index (κ1) is 13.7. The fourth-order valence-corrected chi connectivity index (χ4v) is 1.41. The van der Waals surface area contributed by atoms with Crippen LogP contribution in [0.5, 0.6) is 0 Å². The molecule has 5 nitrogen and oxygen atoms in total. The Morgan fingerprint density at radius 2 is 2.05 bits per heavy atom. The van der Waals surface area contributed by atoms with Crippen LogP contribution in [-0.4, -0.2) is 23.7 Å². The van der Waals surface area contributed by atoms with E-state index in [1.807, 2.05) is 6.07 Å². The van der Waals surface area contributed by atoms with Crippen LogP contribution in [0.2, 0.25) is 0 Å². The third-order valence-electron chi connectivity index (χ3n) is 2.37. The van der Waals surface area contributed by atoms with Crippen LogP contribution in [0.25, 0.3) is 0 Å². The number of anilines is 1. The zero-order chi connectivity index (χ0) is 14.2. The predicted molar refractivity (Wildman–Crippen MR) is 74.9 cm³/mol. The van der Waals surface area contributed by atoms with Gasteiger partial charge in [0.2, 0.25) is 0 Å². The summed E-state index contributed by atoms with van der Waals surface area (Å²) in [6.45, 7) is 0.0468. The zero-order valence-corrected chi connectivity index (χ0v) is 10.6. The van der Waals surface area contributed by atoms with Crippen LogP contribution in [-0.2, 0) is 4.79 Å². The monoisotopic (exact) mass is 272 g/mol. The first-order valence-electron chi connectivity index (χ1n) is 5.96. The number of nitrogens with zero attached hydrogens (tertiary/aromatic N) is 2. The summed E-state index contributed by atoms with van der Waals surface area (Å²) in [7, 11) is 0. The lowest BCUT2D eigenvalue weighted by Crippen LogP contribution is -2.25. The largest absolute Gasteiger partial charge is 0.376 e. The number of hydrazone groups is 1. The lowest BCUT2D eigenvalue weighted by atomic mass is 10.3. The summed E-state index contributed by atoms with van der Waals surface area (Å²) in [6.07, 6.45) is 3.09. The van der Waals surface area contributed by atoms with Gasteiger partial charge in [-0.2, -0.15) is 5.10 Å². The van der Waals surface area contributed by atoms with E-state index >= 15 is 0 Å². The Hall–Kier alpha value is -2.76. The molecule has 0 spiro atoms. The van der Waals surface area contributed by atoms with Crippen LogP contribution >= 0.6 is 0 Å². The molecule has 0 radical (unpaired) electrons. The number of amides is 1. The molecule has 0 fully saturated rings. The second-order valence-electron chi connectivity index (χ2n) is 3.91. The summed E-state index contributed by atoms with van der Waals surface area (Å²) in [5, 5.41) is 6.63. The summed E-state index contributed by atoms with van der Waals surface area (Å²) in [5.41, 5.74) is 3.68. The molecule has 2 N–H and O–H groups in total. The van der Waals surface area contributed by atoms with E-state index in [2.05, 4.69) is 20.8 Å². The number of carbonyl (C=O) groups excluding carboxylic acids is 1. The van der Waals surface area contributed by atoms with E-state index in [0.717, 1.165) is 0 Å². The molecule has 6 heteroatoms. The molecular formula is C14H13FN4O. The van der Waals surface area contributed by atoms with E-state index in [9.17, 15) is 9.18 Å². The molecule has 20 heavy (non-hydrogen) atoms. The maximum atomic E-state index is 12.7. The summed E-state index contributed by atoms with van der Waals surface area (Å²) in [5.74, 6) is -0.624. The summed E-state index contributed by atoms with van der Waals surface area (Å²) >= 11 is 0. The first-order valence-corrected chi connectivity index (χ1v) is 5.96. The van der Waals surface area contributed by atoms with Crippen molar-refractivity contribution in [3.63, 3.8) is 0 Å². The molecule has 0 saturated carbocycles. The number of nitrogens with one attached hydrogen (secondary N) is 2. The van der Waals surface area contributed by atoms with Crippen molar-refractivity contribution in [1.82, 2.24) is 10.4 Å². The molecule has 0 atom stereocenters. The van der Waals surface area contributed by atoms with Gasteiger partial charge in [-0.05, 0) is 36.4 Å². The minimum absolute atomic E-state index is 0.0468. The van der Waals surface area contributed by atoms with Crippen LogP contribution in [0.15, 0.2) is 53.8 Å². The molecule has 2 aromatic rings. The highest BCUT2D eigenvalue weighted by molar-refractivity contribution is 5.83. The van der Waals surface area contributed by atoms with Gasteiger partial charge >= 0.3 is 0 Å². The van der Waals surface area contributed by atoms with Crippen LogP contribution in [0.3, 0.4) is 0 Å². The van der Waals surface area contributed by atoms with E-state index in [1.165, 1.54) is 18.3 Å². The quantitative estimate of drug-likeness (QED) is 0.644. The highest BCUT2D eigenvalue weighted by Crippen LogP contribution is 2.07. The Balaban J connectivity index is 1.76. The molecule has 0 saturated heterocycles. The van der Waals surface area contributed by atoms with Gasteiger partial charge in [-0.25, -0.2) is 9.82 Å². The van der Waals surface area contributed by atoms with Gasteiger partial charge in [0.05, 0.1) is 18.5 Å². The van der Waals surface area contributed by atoms with Gasteiger partial charge in [-0.15, -0.1) is 0 Å². The van der Waals surface area contributed by atoms with Crippen molar-refractivity contribution in [1.29, 1.82) is 0 Å². The second-order valence-corrected chi connectivity index (χ2v) is 3.91. The Kier molecular flexibility index (Phi) is 4.77. The number of hydrogen-bond acceptors (Lipinski definition) is 4.